The van der Waals surface area contributed by atoms with Crippen LogP contribution in [0.25, 0.3) is 0 Å². The smallest absolute Gasteiger partial charge is 0.0177 e. The third kappa shape index (κ3) is 3.17. The average molecular weight is 309 g/mol. The van der Waals surface area contributed by atoms with Crippen molar-refractivity contribution in [3.05, 3.63) is 34.4 Å². The molecule has 1 aromatic carbocycles. The summed E-state index contributed by atoms with van der Waals surface area (Å²) in [5, 5.41) is 0. The molecule has 0 saturated heterocycles. The van der Waals surface area contributed by atoms with Crippen LogP contribution in [0.4, 0.5) is 0 Å². The molecule has 0 spiro atoms. The molecule has 0 N–H and O–H groups in total. The summed E-state index contributed by atoms with van der Waals surface area (Å²) >= 11 is 3.90. The molecule has 1 aliphatic carbocycles. The maximum Gasteiger partial charge on any atom is 0.0177 e. The molecule has 0 aromatic heterocycles. The van der Waals surface area contributed by atoms with E-state index in [2.05, 4.69) is 55.8 Å². The Balaban J connectivity index is 2.18. The third-order valence-electron chi connectivity index (χ3n) is 4.46. The average Bonchev–Trinajstić information content (AvgIpc) is 2.28. The number of hydrogen-bond donors (Lipinski definition) is 0. The van der Waals surface area contributed by atoms with Gasteiger partial charge in [0, 0.05) is 4.83 Å². The van der Waals surface area contributed by atoms with Crippen LogP contribution in [-0.4, -0.2) is 4.83 Å². The fourth-order valence-corrected chi connectivity index (χ4v) is 4.13. The first-order chi connectivity index (χ1) is 8.47. The second-order valence-corrected chi connectivity index (χ2v) is 7.45. The van der Waals surface area contributed by atoms with Crippen molar-refractivity contribution in [2.75, 3.05) is 0 Å². The fourth-order valence-electron chi connectivity index (χ4n) is 3.47. The fraction of sp³-hybridized carbons (Fsp3) is 0.647. The van der Waals surface area contributed by atoms with Gasteiger partial charge in [-0.05, 0) is 75.0 Å². The number of halogens is 1. The highest BCUT2D eigenvalue weighted by atomic mass is 79.9. The summed E-state index contributed by atoms with van der Waals surface area (Å²) in [5.41, 5.74) is 5.93. The molecule has 3 atom stereocenters. The van der Waals surface area contributed by atoms with Crippen LogP contribution < -0.4 is 0 Å². The Morgan fingerprint density at radius 1 is 1.11 bits per heavy atom. The molecule has 0 aliphatic heterocycles. The highest BCUT2D eigenvalue weighted by Crippen LogP contribution is 2.36. The number of alkyl halides is 1. The lowest BCUT2D eigenvalue weighted by molar-refractivity contribution is 0.294. The number of benzene rings is 1. The van der Waals surface area contributed by atoms with E-state index in [4.69, 9.17) is 0 Å². The monoisotopic (exact) mass is 308 g/mol. The predicted molar refractivity (Wildman–Crippen MR) is 83.6 cm³/mol. The summed E-state index contributed by atoms with van der Waals surface area (Å²) in [7, 11) is 0. The van der Waals surface area contributed by atoms with Crippen molar-refractivity contribution < 1.29 is 0 Å². The van der Waals surface area contributed by atoms with Crippen LogP contribution in [-0.2, 0) is 6.42 Å². The molecular formula is C17H25Br. The summed E-state index contributed by atoms with van der Waals surface area (Å²) in [5.74, 6) is 1.71. The summed E-state index contributed by atoms with van der Waals surface area (Å²) in [6.07, 6.45) is 5.36. The van der Waals surface area contributed by atoms with E-state index in [0.717, 1.165) is 11.8 Å². The van der Waals surface area contributed by atoms with Gasteiger partial charge in [-0.2, -0.15) is 0 Å². The van der Waals surface area contributed by atoms with Gasteiger partial charge >= 0.3 is 0 Å². The minimum atomic E-state index is 0.716. The van der Waals surface area contributed by atoms with Gasteiger partial charge in [-0.1, -0.05) is 40.5 Å². The molecule has 18 heavy (non-hydrogen) atoms. The van der Waals surface area contributed by atoms with Gasteiger partial charge in [0.2, 0.25) is 0 Å². The molecule has 3 unspecified atom stereocenters. The van der Waals surface area contributed by atoms with Crippen molar-refractivity contribution in [2.45, 2.75) is 58.2 Å². The van der Waals surface area contributed by atoms with Crippen LogP contribution in [0.5, 0.6) is 0 Å². The molecule has 0 bridgehead atoms. The van der Waals surface area contributed by atoms with Crippen molar-refractivity contribution in [3.63, 3.8) is 0 Å². The summed E-state index contributed by atoms with van der Waals surface area (Å²) in [6.45, 7) is 9.14. The van der Waals surface area contributed by atoms with Crippen LogP contribution in [0.2, 0.25) is 0 Å². The molecular weight excluding hydrogens is 284 g/mol. The largest absolute Gasteiger partial charge is 0.0888 e. The van der Waals surface area contributed by atoms with E-state index in [9.17, 15) is 0 Å². The van der Waals surface area contributed by atoms with E-state index < -0.39 is 0 Å². The van der Waals surface area contributed by atoms with Crippen LogP contribution in [0, 0.1) is 32.6 Å². The molecule has 1 saturated carbocycles. The van der Waals surface area contributed by atoms with Gasteiger partial charge in [0.05, 0.1) is 0 Å². The van der Waals surface area contributed by atoms with Gasteiger partial charge in [-0.25, -0.2) is 0 Å². The lowest BCUT2D eigenvalue weighted by atomic mass is 9.78. The molecule has 2 rings (SSSR count). The first-order valence-electron chi connectivity index (χ1n) is 7.18. The second-order valence-electron chi connectivity index (χ2n) is 6.28. The first-order valence-corrected chi connectivity index (χ1v) is 8.09. The molecule has 0 amide bonds. The van der Waals surface area contributed by atoms with Gasteiger partial charge in [-0.3, -0.25) is 0 Å². The summed E-state index contributed by atoms with van der Waals surface area (Å²) in [4.78, 5) is 0.716. The SMILES string of the molecule is Cc1cc(C)c(CC2CC(C)CCC2Br)c(C)c1. The Morgan fingerprint density at radius 2 is 1.72 bits per heavy atom. The Morgan fingerprint density at radius 3 is 2.33 bits per heavy atom. The molecule has 0 nitrogen and oxygen atoms in total. The van der Waals surface area contributed by atoms with Gasteiger partial charge in [0.1, 0.15) is 0 Å². The van der Waals surface area contributed by atoms with Crippen molar-refractivity contribution in [1.82, 2.24) is 0 Å². The topological polar surface area (TPSA) is 0 Å². The molecule has 1 aliphatic rings. The first kappa shape index (κ1) is 14.1. The Kier molecular flexibility index (Phi) is 4.53. The normalized spacial score (nSPS) is 28.4. The summed E-state index contributed by atoms with van der Waals surface area (Å²) < 4.78 is 0. The van der Waals surface area contributed by atoms with Gasteiger partial charge in [0.15, 0.2) is 0 Å². The maximum absolute atomic E-state index is 3.90. The third-order valence-corrected chi connectivity index (χ3v) is 5.66. The lowest BCUT2D eigenvalue weighted by Crippen LogP contribution is -2.26. The molecule has 0 heterocycles. The minimum Gasteiger partial charge on any atom is -0.0888 e. The van der Waals surface area contributed by atoms with E-state index in [1.54, 1.807) is 5.56 Å². The van der Waals surface area contributed by atoms with Crippen molar-refractivity contribution in [2.24, 2.45) is 11.8 Å². The quantitative estimate of drug-likeness (QED) is 0.646. The number of aryl methyl sites for hydroxylation is 3. The minimum absolute atomic E-state index is 0.716. The van der Waals surface area contributed by atoms with Crippen LogP contribution in [0.15, 0.2) is 12.1 Å². The molecule has 100 valence electrons. The van der Waals surface area contributed by atoms with Gasteiger partial charge in [-0.15, -0.1) is 0 Å². The predicted octanol–water partition coefficient (Wildman–Crippen LogP) is 5.35. The Hall–Kier alpha value is -0.300. The highest BCUT2D eigenvalue weighted by Gasteiger charge is 2.27. The molecule has 1 fully saturated rings. The van der Waals surface area contributed by atoms with E-state index in [-0.39, 0.29) is 0 Å². The Labute approximate surface area is 120 Å². The molecule has 0 radical (unpaired) electrons. The van der Waals surface area contributed by atoms with E-state index in [1.165, 1.54) is 42.4 Å². The zero-order chi connectivity index (χ0) is 13.3. The Bertz CT molecular complexity index is 399. The second kappa shape index (κ2) is 5.77. The van der Waals surface area contributed by atoms with Crippen LogP contribution >= 0.6 is 15.9 Å². The molecule has 1 aromatic rings. The van der Waals surface area contributed by atoms with Crippen LogP contribution in [0.3, 0.4) is 0 Å². The highest BCUT2D eigenvalue weighted by molar-refractivity contribution is 9.09. The summed E-state index contributed by atoms with van der Waals surface area (Å²) in [6, 6.07) is 4.66. The van der Waals surface area contributed by atoms with Gasteiger partial charge < -0.3 is 0 Å². The van der Waals surface area contributed by atoms with Crippen molar-refractivity contribution >= 4 is 15.9 Å². The van der Waals surface area contributed by atoms with Crippen molar-refractivity contribution in [1.29, 1.82) is 0 Å². The van der Waals surface area contributed by atoms with E-state index >= 15 is 0 Å². The van der Waals surface area contributed by atoms with E-state index in [0.29, 0.717) is 4.83 Å². The number of hydrogen-bond acceptors (Lipinski definition) is 0. The number of rotatable bonds is 2. The van der Waals surface area contributed by atoms with Gasteiger partial charge in [0.25, 0.3) is 0 Å². The zero-order valence-corrected chi connectivity index (χ0v) is 13.7. The lowest BCUT2D eigenvalue weighted by Gasteiger charge is -2.32. The maximum atomic E-state index is 3.90. The van der Waals surface area contributed by atoms with Crippen LogP contribution in [0.1, 0.15) is 48.4 Å². The van der Waals surface area contributed by atoms with Crippen molar-refractivity contribution in [3.8, 4) is 0 Å². The zero-order valence-electron chi connectivity index (χ0n) is 12.1. The molecule has 1 heteroatoms. The van der Waals surface area contributed by atoms with E-state index in [1.807, 2.05) is 0 Å². The standard InChI is InChI=1S/C17H25Br/c1-11-5-6-17(18)15(9-11)10-16-13(3)7-12(2)8-14(16)4/h7-8,11,15,17H,5-6,9-10H2,1-4H3.